The Labute approximate surface area is 84.7 Å². The molecular weight excluding hydrogens is 186 g/mol. The first-order chi connectivity index (χ1) is 6.81. The third kappa shape index (κ3) is 9.44. The molecule has 0 heterocycles. The van der Waals surface area contributed by atoms with Gasteiger partial charge in [-0.2, -0.15) is 0 Å². The molecule has 0 saturated heterocycles. The number of hydrogen-bond acceptors (Lipinski definition) is 5. The number of carbonyl (C=O) groups is 1. The lowest BCUT2D eigenvalue weighted by Gasteiger charge is -2.04. The second-order valence-electron chi connectivity index (χ2n) is 2.71. The third-order valence-corrected chi connectivity index (χ3v) is 1.57. The van der Waals surface area contributed by atoms with Crippen LogP contribution < -0.4 is 5.32 Å². The highest BCUT2D eigenvalue weighted by Gasteiger charge is 1.97. The van der Waals surface area contributed by atoms with Gasteiger partial charge in [-0.05, 0) is 13.0 Å². The predicted molar refractivity (Wildman–Crippen MR) is 52.2 cm³/mol. The van der Waals surface area contributed by atoms with Gasteiger partial charge in [0, 0.05) is 13.7 Å². The highest BCUT2D eigenvalue weighted by molar-refractivity contribution is 5.71. The summed E-state index contributed by atoms with van der Waals surface area (Å²) >= 11 is 0. The van der Waals surface area contributed by atoms with Crippen LogP contribution in [0.2, 0.25) is 0 Å². The molecule has 14 heavy (non-hydrogen) atoms. The van der Waals surface area contributed by atoms with Crippen molar-refractivity contribution in [3.8, 4) is 0 Å². The normalized spacial score (nSPS) is 10.1. The molecule has 0 aromatic carbocycles. The maximum absolute atomic E-state index is 10.7. The van der Waals surface area contributed by atoms with Gasteiger partial charge in [0.25, 0.3) is 0 Å². The van der Waals surface area contributed by atoms with Crippen LogP contribution in [0.3, 0.4) is 0 Å². The Hall–Kier alpha value is -0.650. The van der Waals surface area contributed by atoms with Gasteiger partial charge in [0.2, 0.25) is 0 Å². The molecular formula is C9H19NO4. The van der Waals surface area contributed by atoms with Gasteiger partial charge in [-0.15, -0.1) is 0 Å². The van der Waals surface area contributed by atoms with E-state index in [2.05, 4.69) is 10.1 Å². The van der Waals surface area contributed by atoms with Crippen molar-refractivity contribution < 1.29 is 19.0 Å². The Morgan fingerprint density at radius 1 is 1.21 bits per heavy atom. The number of rotatable bonds is 9. The van der Waals surface area contributed by atoms with Gasteiger partial charge in [0.05, 0.1) is 26.9 Å². The van der Waals surface area contributed by atoms with Crippen LogP contribution in [0.1, 0.15) is 6.42 Å². The van der Waals surface area contributed by atoms with Gasteiger partial charge in [0.15, 0.2) is 0 Å². The van der Waals surface area contributed by atoms with Crippen LogP contribution in [-0.2, 0) is 19.0 Å². The molecule has 0 spiro atoms. The molecule has 0 unspecified atom stereocenters. The van der Waals surface area contributed by atoms with Gasteiger partial charge in [-0.25, -0.2) is 0 Å². The molecule has 0 aliphatic rings. The van der Waals surface area contributed by atoms with Crippen LogP contribution in [0.4, 0.5) is 0 Å². The van der Waals surface area contributed by atoms with Crippen molar-refractivity contribution in [3.63, 3.8) is 0 Å². The van der Waals surface area contributed by atoms with Crippen molar-refractivity contribution in [2.45, 2.75) is 6.42 Å². The van der Waals surface area contributed by atoms with E-state index in [9.17, 15) is 4.79 Å². The standard InChI is InChI=1S/C9H19NO4/c1-12-6-7-14-5-3-4-10-8-9(11)13-2/h10H,3-8H2,1-2H3. The fourth-order valence-corrected chi connectivity index (χ4v) is 0.806. The Bertz CT molecular complexity index is 141. The Kier molecular flexibility index (Phi) is 9.95. The Balaban J connectivity index is 2.95. The monoisotopic (exact) mass is 205 g/mol. The van der Waals surface area contributed by atoms with Gasteiger partial charge in [-0.3, -0.25) is 4.79 Å². The Morgan fingerprint density at radius 2 is 2.00 bits per heavy atom. The molecule has 1 N–H and O–H groups in total. The SMILES string of the molecule is COCCOCCCNCC(=O)OC. The first-order valence-corrected chi connectivity index (χ1v) is 4.65. The lowest BCUT2D eigenvalue weighted by molar-refractivity contribution is -0.139. The number of nitrogens with one attached hydrogen (secondary N) is 1. The largest absolute Gasteiger partial charge is 0.468 e. The highest BCUT2D eigenvalue weighted by atomic mass is 16.5. The summed E-state index contributed by atoms with van der Waals surface area (Å²) in [6.07, 6.45) is 0.876. The summed E-state index contributed by atoms with van der Waals surface area (Å²) in [5.74, 6) is -0.245. The number of methoxy groups -OCH3 is 2. The van der Waals surface area contributed by atoms with Crippen molar-refractivity contribution in [1.29, 1.82) is 0 Å². The van der Waals surface area contributed by atoms with E-state index in [1.807, 2.05) is 0 Å². The topological polar surface area (TPSA) is 56.8 Å². The summed E-state index contributed by atoms with van der Waals surface area (Å²) < 4.78 is 14.5. The molecule has 5 nitrogen and oxygen atoms in total. The number of carbonyl (C=O) groups excluding carboxylic acids is 1. The van der Waals surface area contributed by atoms with Crippen LogP contribution in [0.25, 0.3) is 0 Å². The molecule has 0 aromatic heterocycles. The molecule has 0 aromatic rings. The van der Waals surface area contributed by atoms with E-state index < -0.39 is 0 Å². The number of esters is 1. The van der Waals surface area contributed by atoms with Gasteiger partial charge in [-0.1, -0.05) is 0 Å². The van der Waals surface area contributed by atoms with E-state index in [1.54, 1.807) is 7.11 Å². The molecule has 0 rings (SSSR count). The summed E-state index contributed by atoms with van der Waals surface area (Å²) in [5.41, 5.74) is 0. The third-order valence-electron chi connectivity index (χ3n) is 1.57. The first-order valence-electron chi connectivity index (χ1n) is 4.65. The lowest BCUT2D eigenvalue weighted by atomic mass is 10.4. The molecule has 5 heteroatoms. The lowest BCUT2D eigenvalue weighted by Crippen LogP contribution is -2.25. The van der Waals surface area contributed by atoms with Gasteiger partial charge < -0.3 is 19.5 Å². The molecule has 84 valence electrons. The second-order valence-corrected chi connectivity index (χ2v) is 2.71. The van der Waals surface area contributed by atoms with Crippen LogP contribution in [-0.4, -0.2) is 53.1 Å². The maximum atomic E-state index is 10.7. The summed E-state index contributed by atoms with van der Waals surface area (Å²) in [6, 6.07) is 0. The van der Waals surface area contributed by atoms with E-state index in [1.165, 1.54) is 7.11 Å². The molecule has 0 fully saturated rings. The Morgan fingerprint density at radius 3 is 2.64 bits per heavy atom. The molecule has 0 saturated carbocycles. The molecule has 0 atom stereocenters. The minimum Gasteiger partial charge on any atom is -0.468 e. The average Bonchev–Trinajstić information content (AvgIpc) is 2.21. The van der Waals surface area contributed by atoms with Crippen molar-refractivity contribution in [3.05, 3.63) is 0 Å². The van der Waals surface area contributed by atoms with Crippen LogP contribution in [0.5, 0.6) is 0 Å². The summed E-state index contributed by atoms with van der Waals surface area (Å²) in [4.78, 5) is 10.7. The first kappa shape index (κ1) is 13.4. The molecule has 0 amide bonds. The zero-order valence-corrected chi connectivity index (χ0v) is 8.88. The zero-order valence-electron chi connectivity index (χ0n) is 8.88. The number of hydrogen-bond donors (Lipinski definition) is 1. The quantitative estimate of drug-likeness (QED) is 0.417. The minimum atomic E-state index is -0.245. The van der Waals surface area contributed by atoms with Gasteiger partial charge >= 0.3 is 5.97 Å². The highest BCUT2D eigenvalue weighted by Crippen LogP contribution is 1.81. The smallest absolute Gasteiger partial charge is 0.319 e. The van der Waals surface area contributed by atoms with Crippen LogP contribution in [0.15, 0.2) is 0 Å². The maximum Gasteiger partial charge on any atom is 0.319 e. The summed E-state index contributed by atoms with van der Waals surface area (Å²) in [5, 5.41) is 2.94. The molecule has 0 radical (unpaired) electrons. The number of ether oxygens (including phenoxy) is 3. The fourth-order valence-electron chi connectivity index (χ4n) is 0.806. The minimum absolute atomic E-state index is 0.245. The molecule has 0 aliphatic carbocycles. The van der Waals surface area contributed by atoms with E-state index in [4.69, 9.17) is 9.47 Å². The molecule has 0 bridgehead atoms. The van der Waals surface area contributed by atoms with E-state index in [-0.39, 0.29) is 12.5 Å². The van der Waals surface area contributed by atoms with E-state index in [0.29, 0.717) is 19.8 Å². The molecule has 0 aliphatic heterocycles. The summed E-state index contributed by atoms with van der Waals surface area (Å²) in [7, 11) is 3.01. The fraction of sp³-hybridized carbons (Fsp3) is 0.889. The van der Waals surface area contributed by atoms with Crippen molar-refractivity contribution in [1.82, 2.24) is 5.32 Å². The predicted octanol–water partition coefficient (Wildman–Crippen LogP) is -0.198. The van der Waals surface area contributed by atoms with E-state index in [0.717, 1.165) is 13.0 Å². The van der Waals surface area contributed by atoms with Crippen LogP contribution >= 0.6 is 0 Å². The van der Waals surface area contributed by atoms with Crippen molar-refractivity contribution in [2.24, 2.45) is 0 Å². The zero-order chi connectivity index (χ0) is 10.6. The van der Waals surface area contributed by atoms with Crippen molar-refractivity contribution >= 4 is 5.97 Å². The van der Waals surface area contributed by atoms with E-state index >= 15 is 0 Å². The van der Waals surface area contributed by atoms with Crippen LogP contribution in [0, 0.1) is 0 Å². The van der Waals surface area contributed by atoms with Gasteiger partial charge in [0.1, 0.15) is 0 Å². The van der Waals surface area contributed by atoms with Crippen molar-refractivity contribution in [2.75, 3.05) is 47.1 Å². The average molecular weight is 205 g/mol. The summed E-state index contributed by atoms with van der Waals surface area (Å²) in [6.45, 7) is 2.93. The second kappa shape index (κ2) is 10.4.